The van der Waals surface area contributed by atoms with Crippen LogP contribution in [0.4, 0.5) is 17.6 Å². The zero-order valence-electron chi connectivity index (χ0n) is 19.7. The number of morpholine rings is 1. The highest BCUT2D eigenvalue weighted by Crippen LogP contribution is 2.33. The van der Waals surface area contributed by atoms with Crippen LogP contribution in [0.3, 0.4) is 0 Å². The summed E-state index contributed by atoms with van der Waals surface area (Å²) >= 11 is 0. The molecule has 0 aliphatic carbocycles. The molecule has 0 unspecified atom stereocenters. The number of hydrogen-bond acceptors (Lipinski definition) is 10. The molecule has 3 saturated heterocycles. The second kappa shape index (κ2) is 10.00. The van der Waals surface area contributed by atoms with Crippen molar-refractivity contribution < 1.29 is 8.95 Å². The van der Waals surface area contributed by atoms with Crippen LogP contribution in [0.1, 0.15) is 0 Å². The molecule has 3 aliphatic heterocycles. The lowest BCUT2D eigenvalue weighted by Crippen LogP contribution is -2.44. The molecule has 3 aliphatic rings. The molecule has 0 amide bonds. The molecule has 2 aromatic heterocycles. The number of benzene rings is 1. The Labute approximate surface area is 207 Å². The molecule has 184 valence electrons. The van der Waals surface area contributed by atoms with Gasteiger partial charge in [-0.2, -0.15) is 9.97 Å². The Balaban J connectivity index is 1.53. The largest absolute Gasteiger partial charge is 0.378 e. The lowest BCUT2D eigenvalue weighted by Gasteiger charge is -2.32. The first-order chi connectivity index (χ1) is 17.3. The van der Waals surface area contributed by atoms with Gasteiger partial charge < -0.3 is 24.8 Å². The van der Waals surface area contributed by atoms with Gasteiger partial charge in [-0.15, -0.1) is 0 Å². The Morgan fingerprint density at radius 3 is 2.23 bits per heavy atom. The summed E-state index contributed by atoms with van der Waals surface area (Å²) in [5.74, 6) is 3.61. The molecule has 0 atom stereocenters. The summed E-state index contributed by atoms with van der Waals surface area (Å²) in [5.41, 5.74) is 3.15. The average molecular weight is 495 g/mol. The van der Waals surface area contributed by atoms with Gasteiger partial charge in [-0.25, -0.2) is 9.97 Å². The van der Waals surface area contributed by atoms with Crippen LogP contribution in [0.2, 0.25) is 0 Å². The minimum Gasteiger partial charge on any atom is -0.378 e. The van der Waals surface area contributed by atoms with Crippen molar-refractivity contribution in [3.8, 4) is 11.3 Å². The zero-order valence-corrected chi connectivity index (χ0v) is 20.5. The molecule has 0 saturated carbocycles. The van der Waals surface area contributed by atoms with Crippen LogP contribution in [-0.2, 0) is 15.5 Å². The summed E-state index contributed by atoms with van der Waals surface area (Å²) in [6.07, 6.45) is 0. The molecule has 11 heteroatoms. The van der Waals surface area contributed by atoms with Crippen LogP contribution in [0, 0.1) is 0 Å². The van der Waals surface area contributed by atoms with E-state index < -0.39 is 10.8 Å². The Kier molecular flexibility index (Phi) is 6.45. The van der Waals surface area contributed by atoms with Crippen LogP contribution in [0.25, 0.3) is 22.4 Å². The Bertz CT molecular complexity index is 1210. The van der Waals surface area contributed by atoms with Gasteiger partial charge in [0.15, 0.2) is 22.8 Å². The number of ether oxygens (including phenoxy) is 1. The molecular weight excluding hydrogens is 464 g/mol. The first kappa shape index (κ1) is 22.6. The monoisotopic (exact) mass is 494 g/mol. The Morgan fingerprint density at radius 1 is 0.771 bits per heavy atom. The van der Waals surface area contributed by atoms with Crippen molar-refractivity contribution >= 4 is 39.5 Å². The third kappa shape index (κ3) is 4.67. The van der Waals surface area contributed by atoms with Crippen molar-refractivity contribution in [3.05, 3.63) is 30.3 Å². The third-order valence-corrected chi connectivity index (χ3v) is 7.99. The van der Waals surface area contributed by atoms with Crippen LogP contribution in [0.5, 0.6) is 0 Å². The van der Waals surface area contributed by atoms with E-state index in [9.17, 15) is 4.21 Å². The molecule has 1 N–H and O–H groups in total. The highest BCUT2D eigenvalue weighted by Gasteiger charge is 2.27. The molecule has 35 heavy (non-hydrogen) atoms. The SMILES string of the molecule is O=S1CCN(c2nc3nc(N4CCNCC4)nc(N4CCOCC4)c3nc2-c2ccccc2)CC1. The highest BCUT2D eigenvalue weighted by atomic mass is 32.2. The van der Waals surface area contributed by atoms with Gasteiger partial charge >= 0.3 is 0 Å². The predicted molar refractivity (Wildman–Crippen MR) is 139 cm³/mol. The fourth-order valence-electron chi connectivity index (χ4n) is 4.78. The van der Waals surface area contributed by atoms with E-state index >= 15 is 0 Å². The lowest BCUT2D eigenvalue weighted by molar-refractivity contribution is 0.122. The van der Waals surface area contributed by atoms with Crippen LogP contribution in [-0.4, -0.2) is 101 Å². The number of nitrogens with zero attached hydrogens (tertiary/aromatic N) is 7. The van der Waals surface area contributed by atoms with E-state index in [1.54, 1.807) is 0 Å². The van der Waals surface area contributed by atoms with E-state index in [2.05, 4.69) is 32.1 Å². The molecule has 5 heterocycles. The van der Waals surface area contributed by atoms with Gasteiger partial charge in [0.25, 0.3) is 0 Å². The van der Waals surface area contributed by atoms with E-state index in [0.717, 1.165) is 62.2 Å². The van der Waals surface area contributed by atoms with E-state index in [-0.39, 0.29) is 0 Å². The van der Waals surface area contributed by atoms with E-state index in [1.807, 2.05) is 18.2 Å². The summed E-state index contributed by atoms with van der Waals surface area (Å²) in [6.45, 7) is 7.75. The number of piperazine rings is 1. The van der Waals surface area contributed by atoms with E-state index in [4.69, 9.17) is 24.7 Å². The van der Waals surface area contributed by atoms with Gasteiger partial charge in [0, 0.05) is 80.2 Å². The second-order valence-corrected chi connectivity index (χ2v) is 10.6. The maximum atomic E-state index is 12.0. The van der Waals surface area contributed by atoms with Gasteiger partial charge in [-0.3, -0.25) is 4.21 Å². The fourth-order valence-corrected chi connectivity index (χ4v) is 5.83. The maximum absolute atomic E-state index is 12.0. The van der Waals surface area contributed by atoms with Crippen LogP contribution >= 0.6 is 0 Å². The van der Waals surface area contributed by atoms with Crippen molar-refractivity contribution in [3.63, 3.8) is 0 Å². The number of anilines is 3. The highest BCUT2D eigenvalue weighted by molar-refractivity contribution is 7.85. The first-order valence-electron chi connectivity index (χ1n) is 12.3. The second-order valence-electron chi connectivity index (χ2n) is 8.95. The molecule has 0 spiro atoms. The molecule has 0 bridgehead atoms. The third-order valence-electron chi connectivity index (χ3n) is 6.72. The van der Waals surface area contributed by atoms with Crippen molar-refractivity contribution in [2.75, 3.05) is 91.8 Å². The normalized spacial score (nSPS) is 19.9. The molecule has 3 fully saturated rings. The van der Waals surface area contributed by atoms with Crippen molar-refractivity contribution in [2.45, 2.75) is 0 Å². The molecule has 1 aromatic carbocycles. The zero-order chi connectivity index (χ0) is 23.6. The van der Waals surface area contributed by atoms with E-state index in [0.29, 0.717) is 54.9 Å². The topological polar surface area (TPSA) is 99.6 Å². The molecule has 10 nitrogen and oxygen atoms in total. The smallest absolute Gasteiger partial charge is 0.229 e. The van der Waals surface area contributed by atoms with Crippen LogP contribution in [0.15, 0.2) is 30.3 Å². The minimum atomic E-state index is -0.774. The van der Waals surface area contributed by atoms with Crippen molar-refractivity contribution in [1.82, 2.24) is 25.3 Å². The minimum absolute atomic E-state index is 0.608. The first-order valence-corrected chi connectivity index (χ1v) is 13.8. The summed E-state index contributed by atoms with van der Waals surface area (Å²) < 4.78 is 17.7. The number of rotatable bonds is 4. The molecule has 6 rings (SSSR count). The van der Waals surface area contributed by atoms with Crippen molar-refractivity contribution in [2.24, 2.45) is 0 Å². The summed E-state index contributed by atoms with van der Waals surface area (Å²) in [5, 5.41) is 3.40. The quantitative estimate of drug-likeness (QED) is 0.563. The van der Waals surface area contributed by atoms with Gasteiger partial charge in [0.05, 0.1) is 13.2 Å². The van der Waals surface area contributed by atoms with Gasteiger partial charge in [0.1, 0.15) is 5.69 Å². The predicted octanol–water partition coefficient (Wildman–Crippen LogP) is 0.902. The van der Waals surface area contributed by atoms with Gasteiger partial charge in [-0.05, 0) is 0 Å². The van der Waals surface area contributed by atoms with Gasteiger partial charge in [-0.1, -0.05) is 30.3 Å². The maximum Gasteiger partial charge on any atom is 0.229 e. The fraction of sp³-hybridized carbons (Fsp3) is 0.500. The number of nitrogens with one attached hydrogen (secondary N) is 1. The molecular formula is C24H30N8O2S. The summed E-state index contributed by atoms with van der Waals surface area (Å²) in [4.78, 5) is 26.9. The number of hydrogen-bond donors (Lipinski definition) is 1. The summed E-state index contributed by atoms with van der Waals surface area (Å²) in [6, 6.07) is 10.2. The standard InChI is InChI=1S/C24H30N8O2S/c33-35-16-12-31(13-17-35)22-19(18-4-2-1-3-5-18)26-20-21(27-22)28-24(32-8-6-25-7-9-32)29-23(20)30-10-14-34-15-11-30/h1-5,25H,6-17H2. The average Bonchev–Trinajstić information content (AvgIpc) is 2.93. The molecule has 3 aromatic rings. The number of fused-ring (bicyclic) bond motifs is 1. The Morgan fingerprint density at radius 2 is 1.49 bits per heavy atom. The lowest BCUT2D eigenvalue weighted by atomic mass is 10.1. The van der Waals surface area contributed by atoms with Gasteiger partial charge in [0.2, 0.25) is 5.95 Å². The van der Waals surface area contributed by atoms with E-state index in [1.165, 1.54) is 0 Å². The number of aromatic nitrogens is 4. The van der Waals surface area contributed by atoms with Crippen molar-refractivity contribution in [1.29, 1.82) is 0 Å². The Hall–Kier alpha value is -2.89. The summed E-state index contributed by atoms with van der Waals surface area (Å²) in [7, 11) is -0.774. The molecule has 0 radical (unpaired) electrons. The van der Waals surface area contributed by atoms with Crippen LogP contribution < -0.4 is 20.0 Å².